The molecule has 1 N–H and O–H groups in total. The van der Waals surface area contributed by atoms with Crippen LogP contribution >= 0.6 is 11.3 Å². The minimum atomic E-state index is -0.536. The molecular formula is C15H13NO4S. The molecule has 2 aromatic rings. The molecule has 0 fully saturated rings. The van der Waals surface area contributed by atoms with Crippen LogP contribution in [-0.2, 0) is 16.0 Å². The van der Waals surface area contributed by atoms with Gasteiger partial charge in [0.05, 0.1) is 12.1 Å². The van der Waals surface area contributed by atoms with Crippen molar-refractivity contribution in [1.82, 2.24) is 0 Å². The highest BCUT2D eigenvalue weighted by atomic mass is 32.1. The summed E-state index contributed by atoms with van der Waals surface area (Å²) >= 11 is 1.17. The fourth-order valence-corrected chi connectivity index (χ4v) is 2.97. The molecule has 1 amide bonds. The van der Waals surface area contributed by atoms with E-state index in [-0.39, 0.29) is 5.91 Å². The first kappa shape index (κ1) is 13.6. The van der Waals surface area contributed by atoms with Gasteiger partial charge in [-0.1, -0.05) is 18.2 Å². The molecule has 0 spiro atoms. The highest BCUT2D eigenvalue weighted by Gasteiger charge is 2.29. The zero-order chi connectivity index (χ0) is 14.8. The lowest BCUT2D eigenvalue weighted by Gasteiger charge is -2.09. The summed E-state index contributed by atoms with van der Waals surface area (Å²) in [6.45, 7) is 0. The van der Waals surface area contributed by atoms with Gasteiger partial charge >= 0.3 is 5.97 Å². The Kier molecular flexibility index (Phi) is 3.62. The Bertz CT molecular complexity index is 669. The summed E-state index contributed by atoms with van der Waals surface area (Å²) in [6.07, 6.45) is 0.0168. The normalized spacial score (nSPS) is 16.0. The van der Waals surface area contributed by atoms with Crippen LogP contribution in [-0.4, -0.2) is 25.1 Å². The van der Waals surface area contributed by atoms with Crippen molar-refractivity contribution in [1.29, 1.82) is 0 Å². The molecule has 0 radical (unpaired) electrons. The van der Waals surface area contributed by atoms with Gasteiger partial charge in [0.1, 0.15) is 10.6 Å². The van der Waals surface area contributed by atoms with Crippen LogP contribution in [0.1, 0.15) is 15.2 Å². The fraction of sp³-hybridized carbons (Fsp3) is 0.200. The fourth-order valence-electron chi connectivity index (χ4n) is 2.15. The summed E-state index contributed by atoms with van der Waals surface area (Å²) in [5.74, 6) is 0.119. The Morgan fingerprint density at radius 3 is 2.86 bits per heavy atom. The van der Waals surface area contributed by atoms with E-state index >= 15 is 0 Å². The molecule has 2 heterocycles. The standard InChI is InChI=1S/C15H13NO4S/c1-19-15(18)12-6-7-13(21-12)16-14(17)11-8-9-4-2-3-5-10(9)20-11/h2-7,11H,8H2,1H3,(H,16,17)/t11-/m1/s1. The maximum absolute atomic E-state index is 12.2. The molecule has 1 atom stereocenters. The van der Waals surface area contributed by atoms with E-state index in [0.29, 0.717) is 16.3 Å². The first-order valence-corrected chi connectivity index (χ1v) is 7.22. The molecule has 0 saturated heterocycles. The van der Waals surface area contributed by atoms with Gasteiger partial charge in [-0.25, -0.2) is 4.79 Å². The second-order valence-electron chi connectivity index (χ2n) is 4.56. The highest BCUT2D eigenvalue weighted by molar-refractivity contribution is 7.18. The van der Waals surface area contributed by atoms with Crippen LogP contribution in [0.2, 0.25) is 0 Å². The van der Waals surface area contributed by atoms with E-state index in [9.17, 15) is 9.59 Å². The quantitative estimate of drug-likeness (QED) is 0.885. The van der Waals surface area contributed by atoms with Gasteiger partial charge in [0.2, 0.25) is 0 Å². The molecule has 1 aliphatic rings. The number of benzene rings is 1. The second kappa shape index (κ2) is 5.57. The zero-order valence-corrected chi connectivity index (χ0v) is 12.1. The average Bonchev–Trinajstić information content (AvgIpc) is 3.12. The van der Waals surface area contributed by atoms with Crippen LogP contribution in [0.15, 0.2) is 36.4 Å². The number of rotatable bonds is 3. The van der Waals surface area contributed by atoms with E-state index in [0.717, 1.165) is 11.3 Å². The number of hydrogen-bond acceptors (Lipinski definition) is 5. The Labute approximate surface area is 125 Å². The molecule has 3 rings (SSSR count). The minimum Gasteiger partial charge on any atom is -0.480 e. The van der Waals surface area contributed by atoms with Gasteiger partial charge in [-0.05, 0) is 23.8 Å². The number of thiophene rings is 1. The molecule has 0 saturated carbocycles. The van der Waals surface area contributed by atoms with Crippen molar-refractivity contribution in [3.05, 3.63) is 46.8 Å². The number of esters is 1. The Morgan fingerprint density at radius 1 is 1.29 bits per heavy atom. The largest absolute Gasteiger partial charge is 0.480 e. The van der Waals surface area contributed by atoms with Crippen LogP contribution in [0.3, 0.4) is 0 Å². The molecule has 6 heteroatoms. The van der Waals surface area contributed by atoms with E-state index in [2.05, 4.69) is 10.1 Å². The van der Waals surface area contributed by atoms with Crippen molar-refractivity contribution in [3.63, 3.8) is 0 Å². The molecule has 108 valence electrons. The maximum Gasteiger partial charge on any atom is 0.348 e. The Balaban J connectivity index is 1.65. The molecule has 0 unspecified atom stereocenters. The smallest absolute Gasteiger partial charge is 0.348 e. The van der Waals surface area contributed by atoms with Crippen LogP contribution < -0.4 is 10.1 Å². The van der Waals surface area contributed by atoms with E-state index in [1.54, 1.807) is 12.1 Å². The average molecular weight is 303 g/mol. The topological polar surface area (TPSA) is 64.6 Å². The first-order chi connectivity index (χ1) is 10.2. The Hall–Kier alpha value is -2.34. The van der Waals surface area contributed by atoms with E-state index in [1.807, 2.05) is 24.3 Å². The van der Waals surface area contributed by atoms with Gasteiger partial charge in [0, 0.05) is 6.42 Å². The SMILES string of the molecule is COC(=O)c1ccc(NC(=O)[C@H]2Cc3ccccc3O2)s1. The number of anilines is 1. The monoisotopic (exact) mass is 303 g/mol. The predicted octanol–water partition coefficient (Wildman–Crippen LogP) is 2.48. The van der Waals surface area contributed by atoms with Crippen molar-refractivity contribution in [3.8, 4) is 5.75 Å². The first-order valence-electron chi connectivity index (χ1n) is 6.41. The van der Waals surface area contributed by atoms with Crippen molar-refractivity contribution in [2.24, 2.45) is 0 Å². The third-order valence-corrected chi connectivity index (χ3v) is 4.16. The van der Waals surface area contributed by atoms with Crippen molar-refractivity contribution >= 4 is 28.2 Å². The lowest BCUT2D eigenvalue weighted by Crippen LogP contribution is -2.31. The number of hydrogen-bond donors (Lipinski definition) is 1. The minimum absolute atomic E-state index is 0.218. The van der Waals surface area contributed by atoms with Gasteiger partial charge < -0.3 is 14.8 Å². The second-order valence-corrected chi connectivity index (χ2v) is 5.65. The lowest BCUT2D eigenvalue weighted by molar-refractivity contribution is -0.122. The van der Waals surface area contributed by atoms with E-state index in [1.165, 1.54) is 18.4 Å². The number of nitrogens with one attached hydrogen (secondary N) is 1. The van der Waals surface area contributed by atoms with E-state index in [4.69, 9.17) is 4.74 Å². The van der Waals surface area contributed by atoms with Crippen molar-refractivity contribution in [2.45, 2.75) is 12.5 Å². The number of carbonyl (C=O) groups excluding carboxylic acids is 2. The third kappa shape index (κ3) is 2.75. The zero-order valence-electron chi connectivity index (χ0n) is 11.3. The van der Waals surface area contributed by atoms with Crippen molar-refractivity contribution in [2.75, 3.05) is 12.4 Å². The van der Waals surface area contributed by atoms with Gasteiger partial charge in [-0.2, -0.15) is 0 Å². The molecule has 21 heavy (non-hydrogen) atoms. The van der Waals surface area contributed by atoms with Gasteiger partial charge in [-0.15, -0.1) is 11.3 Å². The number of para-hydroxylation sites is 1. The van der Waals surface area contributed by atoms with Gasteiger partial charge in [-0.3, -0.25) is 4.79 Å². The highest BCUT2D eigenvalue weighted by Crippen LogP contribution is 2.29. The summed E-state index contributed by atoms with van der Waals surface area (Å²) < 4.78 is 10.2. The maximum atomic E-state index is 12.2. The number of ether oxygens (including phenoxy) is 2. The molecule has 1 aromatic heterocycles. The molecule has 1 aliphatic heterocycles. The predicted molar refractivity (Wildman–Crippen MR) is 78.9 cm³/mol. The van der Waals surface area contributed by atoms with Crippen LogP contribution in [0, 0.1) is 0 Å². The molecule has 0 bridgehead atoms. The molecular weight excluding hydrogens is 290 g/mol. The number of methoxy groups -OCH3 is 1. The number of amides is 1. The van der Waals surface area contributed by atoms with Crippen LogP contribution in [0.5, 0.6) is 5.75 Å². The summed E-state index contributed by atoms with van der Waals surface area (Å²) in [6, 6.07) is 10.9. The van der Waals surface area contributed by atoms with Crippen LogP contribution in [0.4, 0.5) is 5.00 Å². The summed E-state index contributed by atoms with van der Waals surface area (Å²) in [7, 11) is 1.32. The third-order valence-electron chi connectivity index (χ3n) is 3.18. The summed E-state index contributed by atoms with van der Waals surface area (Å²) in [5, 5.41) is 3.36. The van der Waals surface area contributed by atoms with Gasteiger partial charge in [0.15, 0.2) is 6.10 Å². The van der Waals surface area contributed by atoms with Crippen LogP contribution in [0.25, 0.3) is 0 Å². The van der Waals surface area contributed by atoms with Crippen molar-refractivity contribution < 1.29 is 19.1 Å². The summed E-state index contributed by atoms with van der Waals surface area (Å²) in [4.78, 5) is 24.0. The van der Waals surface area contributed by atoms with Gasteiger partial charge in [0.25, 0.3) is 5.91 Å². The lowest BCUT2D eigenvalue weighted by atomic mass is 10.1. The Morgan fingerprint density at radius 2 is 2.10 bits per heavy atom. The van der Waals surface area contributed by atoms with E-state index < -0.39 is 12.1 Å². The molecule has 0 aliphatic carbocycles. The number of fused-ring (bicyclic) bond motifs is 1. The molecule has 1 aromatic carbocycles. The summed E-state index contributed by atoms with van der Waals surface area (Å²) in [5.41, 5.74) is 1.03. The number of carbonyl (C=O) groups is 2. The molecule has 5 nitrogen and oxygen atoms in total.